The number of methoxy groups -OCH3 is 1. The third-order valence-electron chi connectivity index (χ3n) is 9.60. The van der Waals surface area contributed by atoms with Crippen LogP contribution in [0.4, 0.5) is 27.8 Å². The standard InChI is InChI=1S/C31H40FN9O4S/c1-6-27(42)41-12-7-10-31(41,3)28-21-14-26(35-25-8-11-33-30(36-25)39-13-9-24(45-4)23(32)17-39)34-15-22(21)29(38-37-28)40-16-20(19(40)2)18-46(5,43)44/h6,8,11,14-15,19-20,23-24H,1,7,9-10,12-13,16-18H2,2-5H3,(H,33,34,35,36)/t19-,20-,23+,24-,31?/m1/s1. The van der Waals surface area contributed by atoms with Gasteiger partial charge in [-0.25, -0.2) is 22.8 Å². The highest BCUT2D eigenvalue weighted by atomic mass is 32.2. The van der Waals surface area contributed by atoms with Gasteiger partial charge in [0.05, 0.1) is 29.6 Å². The Hall–Kier alpha value is -3.98. The van der Waals surface area contributed by atoms with Gasteiger partial charge in [0, 0.05) is 68.1 Å². The molecule has 0 saturated carbocycles. The Kier molecular flexibility index (Phi) is 8.57. The SMILES string of the molecule is C=CC(=O)N1CCCC1(C)c1nnc(N2C[C@H](CS(C)(=O)=O)[C@H]2C)c2cnc(Nc3ccnc(N4CC[C@@H](OC)[C@@H](F)C4)n3)cc12. The monoisotopic (exact) mass is 653 g/mol. The lowest BCUT2D eigenvalue weighted by atomic mass is 9.89. The van der Waals surface area contributed by atoms with E-state index in [0.717, 1.165) is 17.2 Å². The number of likely N-dealkylation sites (tertiary alicyclic amines) is 1. The van der Waals surface area contributed by atoms with Crippen LogP contribution in [-0.4, -0.2) is 108 Å². The van der Waals surface area contributed by atoms with Gasteiger partial charge in [0.15, 0.2) is 5.82 Å². The summed E-state index contributed by atoms with van der Waals surface area (Å²) in [6.07, 6.45) is 6.37. The molecule has 3 saturated heterocycles. The Morgan fingerprint density at radius 1 is 1.22 bits per heavy atom. The number of hydrogen-bond acceptors (Lipinski definition) is 12. The van der Waals surface area contributed by atoms with Crippen molar-refractivity contribution < 1.29 is 22.3 Å². The van der Waals surface area contributed by atoms with E-state index in [1.807, 2.05) is 19.9 Å². The number of halogens is 1. The van der Waals surface area contributed by atoms with Crippen LogP contribution < -0.4 is 15.1 Å². The summed E-state index contributed by atoms with van der Waals surface area (Å²) in [6, 6.07) is 3.53. The number of carbonyl (C=O) groups is 1. The number of rotatable bonds is 9. The van der Waals surface area contributed by atoms with Crippen molar-refractivity contribution in [2.45, 2.75) is 57.0 Å². The zero-order valence-electron chi connectivity index (χ0n) is 26.6. The van der Waals surface area contributed by atoms with Crippen LogP contribution in [0.15, 0.2) is 37.2 Å². The number of nitrogens with zero attached hydrogens (tertiary/aromatic N) is 8. The molecule has 0 bridgehead atoms. The van der Waals surface area contributed by atoms with Crippen LogP contribution in [0.5, 0.6) is 0 Å². The van der Waals surface area contributed by atoms with Gasteiger partial charge in [-0.3, -0.25) is 4.79 Å². The Labute approximate surface area is 268 Å². The molecule has 3 fully saturated rings. The number of carbonyl (C=O) groups excluding carboxylic acids is 1. The van der Waals surface area contributed by atoms with Crippen LogP contribution in [-0.2, 0) is 24.9 Å². The van der Waals surface area contributed by atoms with E-state index >= 15 is 0 Å². The minimum Gasteiger partial charge on any atom is -0.378 e. The quantitative estimate of drug-likeness (QED) is 0.339. The largest absolute Gasteiger partial charge is 0.378 e. The van der Waals surface area contributed by atoms with Gasteiger partial charge >= 0.3 is 0 Å². The summed E-state index contributed by atoms with van der Waals surface area (Å²) < 4.78 is 43.8. The van der Waals surface area contributed by atoms with Crippen molar-refractivity contribution in [2.24, 2.45) is 5.92 Å². The van der Waals surface area contributed by atoms with Crippen LogP contribution in [0.3, 0.4) is 0 Å². The number of nitrogens with one attached hydrogen (secondary N) is 1. The first kappa shape index (κ1) is 32.0. The van der Waals surface area contributed by atoms with Crippen molar-refractivity contribution in [3.63, 3.8) is 0 Å². The molecule has 3 aromatic heterocycles. The fourth-order valence-electron chi connectivity index (χ4n) is 6.97. The number of amides is 1. The number of ether oxygens (including phenoxy) is 1. The molecule has 15 heteroatoms. The molecule has 0 spiro atoms. The molecule has 3 aliphatic rings. The molecular formula is C31H40FN9O4S. The second-order valence-corrected chi connectivity index (χ2v) is 14.9. The fraction of sp³-hybridized carbons (Fsp3) is 0.548. The molecule has 6 rings (SSSR count). The highest BCUT2D eigenvalue weighted by Gasteiger charge is 2.44. The topological polar surface area (TPSA) is 147 Å². The Bertz CT molecular complexity index is 1760. The summed E-state index contributed by atoms with van der Waals surface area (Å²) in [5, 5.41) is 14.2. The first-order valence-corrected chi connectivity index (χ1v) is 17.5. The van der Waals surface area contributed by atoms with Crippen molar-refractivity contribution in [3.8, 4) is 0 Å². The number of piperidine rings is 1. The molecule has 46 heavy (non-hydrogen) atoms. The number of aromatic nitrogens is 5. The second kappa shape index (κ2) is 12.3. The normalized spacial score (nSPS) is 26.7. The van der Waals surface area contributed by atoms with Crippen molar-refractivity contribution in [2.75, 3.05) is 60.4 Å². The number of sulfone groups is 1. The number of fused-ring (bicyclic) bond motifs is 1. The third-order valence-corrected chi connectivity index (χ3v) is 10.6. The minimum absolute atomic E-state index is 0.0200. The van der Waals surface area contributed by atoms with Crippen LogP contribution >= 0.6 is 0 Å². The summed E-state index contributed by atoms with van der Waals surface area (Å²) >= 11 is 0. The predicted octanol–water partition coefficient (Wildman–Crippen LogP) is 3.01. The first-order chi connectivity index (χ1) is 21.9. The Morgan fingerprint density at radius 2 is 2.02 bits per heavy atom. The highest BCUT2D eigenvalue weighted by Crippen LogP contribution is 2.43. The third kappa shape index (κ3) is 5.97. The van der Waals surface area contributed by atoms with Gasteiger partial charge in [-0.1, -0.05) is 6.58 Å². The van der Waals surface area contributed by atoms with E-state index in [4.69, 9.17) is 14.8 Å². The maximum Gasteiger partial charge on any atom is 0.246 e. The molecule has 3 aliphatic heterocycles. The van der Waals surface area contributed by atoms with Crippen molar-refractivity contribution in [1.29, 1.82) is 0 Å². The molecule has 3 aromatic rings. The van der Waals surface area contributed by atoms with Crippen molar-refractivity contribution in [1.82, 2.24) is 30.0 Å². The molecule has 0 aliphatic carbocycles. The number of pyridine rings is 1. The lowest BCUT2D eigenvalue weighted by molar-refractivity contribution is -0.129. The molecular weight excluding hydrogens is 613 g/mol. The molecule has 246 valence electrons. The Balaban J connectivity index is 1.36. The number of hydrogen-bond donors (Lipinski definition) is 1. The van der Waals surface area contributed by atoms with Crippen LogP contribution in [0, 0.1) is 5.92 Å². The molecule has 1 amide bonds. The minimum atomic E-state index is -3.13. The summed E-state index contributed by atoms with van der Waals surface area (Å²) in [7, 11) is -1.61. The van der Waals surface area contributed by atoms with Gasteiger partial charge in [0.1, 0.15) is 27.6 Å². The second-order valence-electron chi connectivity index (χ2n) is 12.7. The van der Waals surface area contributed by atoms with Crippen LogP contribution in [0.1, 0.15) is 38.8 Å². The van der Waals surface area contributed by atoms with Crippen molar-refractivity contribution >= 4 is 49.9 Å². The van der Waals surface area contributed by atoms with E-state index in [1.54, 1.807) is 28.3 Å². The fourth-order valence-corrected chi connectivity index (χ4v) is 8.13. The summed E-state index contributed by atoms with van der Waals surface area (Å²) in [5.74, 6) is 1.91. The average Bonchev–Trinajstić information content (AvgIpc) is 3.43. The van der Waals surface area contributed by atoms with Gasteiger partial charge in [0.25, 0.3) is 0 Å². The Morgan fingerprint density at radius 3 is 2.72 bits per heavy atom. The van der Waals surface area contributed by atoms with E-state index in [-0.39, 0.29) is 30.2 Å². The maximum atomic E-state index is 14.6. The smallest absolute Gasteiger partial charge is 0.246 e. The van der Waals surface area contributed by atoms with Gasteiger partial charge in [0.2, 0.25) is 11.9 Å². The summed E-state index contributed by atoms with van der Waals surface area (Å²) in [6.45, 7) is 9.49. The van der Waals surface area contributed by atoms with Gasteiger partial charge in [-0.15, -0.1) is 5.10 Å². The molecule has 1 N–H and O–H groups in total. The lowest BCUT2D eigenvalue weighted by Crippen LogP contribution is -2.57. The van der Waals surface area contributed by atoms with E-state index in [2.05, 4.69) is 31.9 Å². The van der Waals surface area contributed by atoms with E-state index in [1.165, 1.54) is 19.4 Å². The highest BCUT2D eigenvalue weighted by molar-refractivity contribution is 7.90. The first-order valence-electron chi connectivity index (χ1n) is 15.5. The average molecular weight is 654 g/mol. The molecule has 5 atom stereocenters. The van der Waals surface area contributed by atoms with Crippen LogP contribution in [0.25, 0.3) is 10.8 Å². The van der Waals surface area contributed by atoms with Gasteiger partial charge in [-0.2, -0.15) is 10.1 Å². The zero-order valence-corrected chi connectivity index (χ0v) is 27.4. The number of alkyl halides is 1. The van der Waals surface area contributed by atoms with E-state index in [9.17, 15) is 17.6 Å². The zero-order chi connectivity index (χ0) is 32.8. The summed E-state index contributed by atoms with van der Waals surface area (Å²) in [4.78, 5) is 32.3. The van der Waals surface area contributed by atoms with Gasteiger partial charge in [-0.05, 0) is 51.3 Å². The molecule has 0 radical (unpaired) electrons. The predicted molar refractivity (Wildman–Crippen MR) is 174 cm³/mol. The lowest BCUT2D eigenvalue weighted by Gasteiger charge is -2.47. The van der Waals surface area contributed by atoms with Crippen molar-refractivity contribution in [3.05, 3.63) is 42.9 Å². The summed E-state index contributed by atoms with van der Waals surface area (Å²) in [5.41, 5.74) is -0.0875. The van der Waals surface area contributed by atoms with E-state index < -0.39 is 27.7 Å². The van der Waals surface area contributed by atoms with E-state index in [0.29, 0.717) is 61.6 Å². The van der Waals surface area contributed by atoms with Gasteiger partial charge < -0.3 is 24.8 Å². The number of anilines is 4. The maximum absolute atomic E-state index is 14.6. The van der Waals surface area contributed by atoms with Crippen LogP contribution in [0.2, 0.25) is 0 Å². The molecule has 6 heterocycles. The molecule has 0 aromatic carbocycles. The molecule has 1 unspecified atom stereocenters. The molecule has 13 nitrogen and oxygen atoms in total.